The standard InChI is InChI=1S/C23H25N5O/c24-18-13-16-5-2-4-8-20(16)28-21(14-18)25-26-22(28)27-11-9-23(10-12-27)19-7-3-1-6-17(19)15-29-23/h1-8,18H,9-15,24H2. The van der Waals surface area contributed by atoms with Crippen molar-refractivity contribution in [2.45, 2.75) is 43.9 Å². The molecule has 3 aliphatic heterocycles. The van der Waals surface area contributed by atoms with Gasteiger partial charge < -0.3 is 15.4 Å². The lowest BCUT2D eigenvalue weighted by atomic mass is 9.84. The highest BCUT2D eigenvalue weighted by atomic mass is 16.5. The topological polar surface area (TPSA) is 69.2 Å². The predicted molar refractivity (Wildman–Crippen MR) is 111 cm³/mol. The van der Waals surface area contributed by atoms with Gasteiger partial charge in [-0.25, -0.2) is 0 Å². The molecule has 6 heteroatoms. The zero-order valence-electron chi connectivity index (χ0n) is 16.4. The van der Waals surface area contributed by atoms with Crippen molar-refractivity contribution in [3.05, 3.63) is 71.0 Å². The first kappa shape index (κ1) is 17.2. The molecule has 3 aromatic rings. The number of fused-ring (bicyclic) bond motifs is 5. The Morgan fingerprint density at radius 1 is 0.931 bits per heavy atom. The van der Waals surface area contributed by atoms with E-state index in [-0.39, 0.29) is 11.6 Å². The molecule has 1 fully saturated rings. The Bertz CT molecular complexity index is 1070. The number of anilines is 1. The Morgan fingerprint density at radius 3 is 2.55 bits per heavy atom. The summed E-state index contributed by atoms with van der Waals surface area (Å²) in [6, 6.07) is 17.2. The van der Waals surface area contributed by atoms with Crippen molar-refractivity contribution >= 4 is 5.95 Å². The Labute approximate surface area is 170 Å². The van der Waals surface area contributed by atoms with Gasteiger partial charge in [0.25, 0.3) is 0 Å². The fourth-order valence-corrected chi connectivity index (χ4v) is 5.25. The normalized spacial score (nSPS) is 22.1. The summed E-state index contributed by atoms with van der Waals surface area (Å²) in [5, 5.41) is 9.12. The molecule has 3 aliphatic rings. The third kappa shape index (κ3) is 2.63. The van der Waals surface area contributed by atoms with Crippen molar-refractivity contribution in [2.75, 3.05) is 18.0 Å². The summed E-state index contributed by atoms with van der Waals surface area (Å²) in [5.41, 5.74) is 11.4. The molecule has 1 aromatic heterocycles. The molecule has 148 valence electrons. The van der Waals surface area contributed by atoms with Crippen molar-refractivity contribution < 1.29 is 4.74 Å². The highest BCUT2D eigenvalue weighted by Gasteiger charge is 2.43. The third-order valence-electron chi connectivity index (χ3n) is 6.74. The van der Waals surface area contributed by atoms with E-state index in [4.69, 9.17) is 10.5 Å². The van der Waals surface area contributed by atoms with E-state index in [2.05, 4.69) is 68.2 Å². The van der Waals surface area contributed by atoms with E-state index in [0.29, 0.717) is 0 Å². The molecule has 6 rings (SSSR count). The molecule has 4 heterocycles. The highest BCUT2D eigenvalue weighted by Crippen LogP contribution is 2.44. The molecule has 2 aromatic carbocycles. The van der Waals surface area contributed by atoms with Gasteiger partial charge in [-0.2, -0.15) is 0 Å². The number of rotatable bonds is 1. The van der Waals surface area contributed by atoms with Gasteiger partial charge in [0.1, 0.15) is 5.82 Å². The van der Waals surface area contributed by atoms with Crippen LogP contribution in [-0.2, 0) is 29.8 Å². The summed E-state index contributed by atoms with van der Waals surface area (Å²) in [6.45, 7) is 2.53. The van der Waals surface area contributed by atoms with Gasteiger partial charge in [0.15, 0.2) is 0 Å². The Kier molecular flexibility index (Phi) is 3.79. The van der Waals surface area contributed by atoms with Crippen LogP contribution in [0.1, 0.15) is 35.4 Å². The number of aromatic nitrogens is 3. The van der Waals surface area contributed by atoms with Gasteiger partial charge in [-0.1, -0.05) is 42.5 Å². The Hall–Kier alpha value is -2.70. The molecule has 6 nitrogen and oxygen atoms in total. The summed E-state index contributed by atoms with van der Waals surface area (Å²) >= 11 is 0. The van der Waals surface area contributed by atoms with Crippen LogP contribution in [0, 0.1) is 0 Å². The maximum absolute atomic E-state index is 6.36. The number of hydrogen-bond acceptors (Lipinski definition) is 5. The Morgan fingerprint density at radius 2 is 1.69 bits per heavy atom. The van der Waals surface area contributed by atoms with Crippen LogP contribution in [0.25, 0.3) is 5.69 Å². The molecule has 1 atom stereocenters. The lowest BCUT2D eigenvalue weighted by Crippen LogP contribution is -2.43. The summed E-state index contributed by atoms with van der Waals surface area (Å²) in [5.74, 6) is 1.89. The average Bonchev–Trinajstić information content (AvgIpc) is 3.28. The lowest BCUT2D eigenvalue weighted by molar-refractivity contribution is -0.0553. The largest absolute Gasteiger partial charge is 0.365 e. The van der Waals surface area contributed by atoms with Gasteiger partial charge in [-0.05, 0) is 42.0 Å². The van der Waals surface area contributed by atoms with E-state index >= 15 is 0 Å². The molecular formula is C23H25N5O. The minimum absolute atomic E-state index is 0.0717. The lowest BCUT2D eigenvalue weighted by Gasteiger charge is -2.39. The van der Waals surface area contributed by atoms with E-state index in [1.807, 2.05) is 0 Å². The molecule has 1 unspecified atom stereocenters. The number of ether oxygens (including phenoxy) is 1. The molecule has 29 heavy (non-hydrogen) atoms. The minimum Gasteiger partial charge on any atom is -0.365 e. The van der Waals surface area contributed by atoms with Gasteiger partial charge in [0, 0.05) is 25.6 Å². The second-order valence-corrected chi connectivity index (χ2v) is 8.48. The highest BCUT2D eigenvalue weighted by molar-refractivity contribution is 5.51. The van der Waals surface area contributed by atoms with E-state index in [0.717, 1.165) is 62.8 Å². The van der Waals surface area contributed by atoms with Crippen LogP contribution in [0.2, 0.25) is 0 Å². The van der Waals surface area contributed by atoms with E-state index in [1.54, 1.807) is 0 Å². The second kappa shape index (κ2) is 6.40. The first-order chi connectivity index (χ1) is 14.2. The summed E-state index contributed by atoms with van der Waals surface area (Å²) in [4.78, 5) is 2.36. The molecule has 1 spiro atoms. The van der Waals surface area contributed by atoms with Crippen LogP contribution in [0.4, 0.5) is 5.95 Å². The molecule has 0 amide bonds. The summed E-state index contributed by atoms with van der Waals surface area (Å²) < 4.78 is 8.56. The smallest absolute Gasteiger partial charge is 0.231 e. The molecular weight excluding hydrogens is 362 g/mol. The van der Waals surface area contributed by atoms with Gasteiger partial charge in [0.05, 0.1) is 17.9 Å². The maximum atomic E-state index is 6.36. The van der Waals surface area contributed by atoms with Gasteiger partial charge in [0.2, 0.25) is 5.95 Å². The minimum atomic E-state index is -0.144. The van der Waals surface area contributed by atoms with E-state index in [1.165, 1.54) is 16.7 Å². The Balaban J connectivity index is 1.33. The van der Waals surface area contributed by atoms with Crippen LogP contribution in [0.15, 0.2) is 48.5 Å². The molecule has 0 saturated carbocycles. The van der Waals surface area contributed by atoms with Crippen molar-refractivity contribution in [3.63, 3.8) is 0 Å². The van der Waals surface area contributed by atoms with E-state index in [9.17, 15) is 0 Å². The van der Waals surface area contributed by atoms with Gasteiger partial charge in [-0.3, -0.25) is 4.57 Å². The number of piperidine rings is 1. The monoisotopic (exact) mass is 387 g/mol. The first-order valence-corrected chi connectivity index (χ1v) is 10.5. The first-order valence-electron chi connectivity index (χ1n) is 10.5. The zero-order chi connectivity index (χ0) is 19.4. The van der Waals surface area contributed by atoms with Crippen LogP contribution in [-0.4, -0.2) is 33.9 Å². The number of benzene rings is 2. The average molecular weight is 387 g/mol. The van der Waals surface area contributed by atoms with E-state index < -0.39 is 0 Å². The second-order valence-electron chi connectivity index (χ2n) is 8.48. The molecule has 1 saturated heterocycles. The van der Waals surface area contributed by atoms with Crippen LogP contribution < -0.4 is 10.6 Å². The fourth-order valence-electron chi connectivity index (χ4n) is 5.25. The quantitative estimate of drug-likeness (QED) is 0.695. The molecule has 2 N–H and O–H groups in total. The third-order valence-corrected chi connectivity index (χ3v) is 6.74. The zero-order valence-corrected chi connectivity index (χ0v) is 16.4. The van der Waals surface area contributed by atoms with Gasteiger partial charge in [-0.15, -0.1) is 10.2 Å². The number of nitrogens with two attached hydrogens (primary N) is 1. The van der Waals surface area contributed by atoms with Crippen molar-refractivity contribution in [3.8, 4) is 5.69 Å². The number of para-hydroxylation sites is 1. The fraction of sp³-hybridized carbons (Fsp3) is 0.391. The van der Waals surface area contributed by atoms with Crippen LogP contribution >= 0.6 is 0 Å². The molecule has 0 aliphatic carbocycles. The summed E-state index contributed by atoms with van der Waals surface area (Å²) in [6.07, 6.45) is 3.55. The summed E-state index contributed by atoms with van der Waals surface area (Å²) in [7, 11) is 0. The SMILES string of the molecule is NC1Cc2ccccc2-n2c(nnc2N2CCC3(CC2)OCc2ccccc23)C1. The van der Waals surface area contributed by atoms with Crippen molar-refractivity contribution in [1.82, 2.24) is 14.8 Å². The number of hydrogen-bond donors (Lipinski definition) is 1. The van der Waals surface area contributed by atoms with Gasteiger partial charge >= 0.3 is 0 Å². The predicted octanol–water partition coefficient (Wildman–Crippen LogP) is 2.72. The maximum Gasteiger partial charge on any atom is 0.231 e. The number of nitrogens with zero attached hydrogens (tertiary/aromatic N) is 4. The van der Waals surface area contributed by atoms with Crippen molar-refractivity contribution in [1.29, 1.82) is 0 Å². The molecule has 0 bridgehead atoms. The molecule has 0 radical (unpaired) electrons. The van der Waals surface area contributed by atoms with Crippen LogP contribution in [0.5, 0.6) is 0 Å². The van der Waals surface area contributed by atoms with Crippen LogP contribution in [0.3, 0.4) is 0 Å². The van der Waals surface area contributed by atoms with Crippen molar-refractivity contribution in [2.24, 2.45) is 5.73 Å².